The maximum atomic E-state index is 12.1. The number of nitriles is 1. The van der Waals surface area contributed by atoms with Gasteiger partial charge in [0, 0.05) is 31.2 Å². The highest BCUT2D eigenvalue weighted by Gasteiger charge is 2.15. The highest BCUT2D eigenvalue weighted by Crippen LogP contribution is 2.25. The third-order valence-corrected chi connectivity index (χ3v) is 4.14. The molecule has 0 aliphatic heterocycles. The summed E-state index contributed by atoms with van der Waals surface area (Å²) in [5.74, 6) is -0.281. The average Bonchev–Trinajstić information content (AvgIpc) is 2.85. The van der Waals surface area contributed by atoms with E-state index in [9.17, 15) is 10.1 Å². The molecule has 0 spiro atoms. The van der Waals surface area contributed by atoms with Crippen molar-refractivity contribution in [1.82, 2.24) is 9.47 Å². The van der Waals surface area contributed by atoms with E-state index in [1.165, 1.54) is 10.5 Å². The van der Waals surface area contributed by atoms with E-state index in [1.807, 2.05) is 38.1 Å². The maximum Gasteiger partial charge on any atom is 0.264 e. The summed E-state index contributed by atoms with van der Waals surface area (Å²) >= 11 is 0. The van der Waals surface area contributed by atoms with E-state index in [-0.39, 0.29) is 11.5 Å². The Hall–Kier alpha value is -2.80. The normalized spacial score (nSPS) is 11.2. The van der Waals surface area contributed by atoms with Crippen LogP contribution < -0.4 is 0 Å². The third kappa shape index (κ3) is 3.26. The molecule has 24 heavy (non-hydrogen) atoms. The van der Waals surface area contributed by atoms with Crippen LogP contribution in [-0.2, 0) is 11.2 Å². The minimum absolute atomic E-state index is 0.143. The molecule has 0 bridgehead atoms. The lowest BCUT2D eigenvalue weighted by Gasteiger charge is -2.14. The summed E-state index contributed by atoms with van der Waals surface area (Å²) in [5.41, 5.74) is 5.54. The van der Waals surface area contributed by atoms with Crippen molar-refractivity contribution >= 4 is 12.0 Å². The van der Waals surface area contributed by atoms with Crippen LogP contribution in [0.15, 0.2) is 35.9 Å². The molecular formula is C20H23N3O. The molecule has 0 unspecified atom stereocenters. The van der Waals surface area contributed by atoms with E-state index in [0.29, 0.717) is 0 Å². The molecule has 1 aromatic carbocycles. The van der Waals surface area contributed by atoms with Gasteiger partial charge in [-0.25, -0.2) is 0 Å². The minimum atomic E-state index is -0.281. The number of nitrogens with zero attached hydrogens (tertiary/aromatic N) is 3. The zero-order valence-corrected chi connectivity index (χ0v) is 14.9. The fraction of sp³-hybridized carbons (Fsp3) is 0.300. The molecule has 0 fully saturated rings. The Bertz CT molecular complexity index is 835. The molecule has 1 aromatic heterocycles. The Morgan fingerprint density at radius 1 is 1.29 bits per heavy atom. The highest BCUT2D eigenvalue weighted by molar-refractivity contribution is 6.01. The van der Waals surface area contributed by atoms with E-state index >= 15 is 0 Å². The number of likely N-dealkylation sites (N-methyl/N-ethyl adjacent to an activating group) is 1. The van der Waals surface area contributed by atoms with Crippen molar-refractivity contribution in [3.05, 3.63) is 58.4 Å². The second kappa shape index (κ2) is 7.18. The summed E-state index contributed by atoms with van der Waals surface area (Å²) in [6.07, 6.45) is 2.62. The van der Waals surface area contributed by atoms with Gasteiger partial charge >= 0.3 is 0 Å². The van der Waals surface area contributed by atoms with Gasteiger partial charge in [-0.05, 0) is 49.6 Å². The lowest BCUT2D eigenvalue weighted by Crippen LogP contribution is -2.22. The molecule has 1 heterocycles. The molecular weight excluding hydrogens is 298 g/mol. The summed E-state index contributed by atoms with van der Waals surface area (Å²) < 4.78 is 2.18. The smallest absolute Gasteiger partial charge is 0.264 e. The van der Waals surface area contributed by atoms with Crippen molar-refractivity contribution in [2.45, 2.75) is 27.2 Å². The zero-order valence-electron chi connectivity index (χ0n) is 14.9. The summed E-state index contributed by atoms with van der Waals surface area (Å²) in [4.78, 5) is 13.5. The Labute approximate surface area is 143 Å². The number of rotatable bonds is 4. The number of para-hydroxylation sites is 1. The topological polar surface area (TPSA) is 49.0 Å². The van der Waals surface area contributed by atoms with Crippen molar-refractivity contribution < 1.29 is 4.79 Å². The molecule has 0 saturated carbocycles. The molecule has 4 heteroatoms. The van der Waals surface area contributed by atoms with Crippen molar-refractivity contribution in [2.75, 3.05) is 14.1 Å². The van der Waals surface area contributed by atoms with Crippen LogP contribution in [0.5, 0.6) is 0 Å². The summed E-state index contributed by atoms with van der Waals surface area (Å²) in [6, 6.07) is 12.3. The van der Waals surface area contributed by atoms with Crippen LogP contribution in [0, 0.1) is 25.2 Å². The maximum absolute atomic E-state index is 12.1. The molecule has 0 aliphatic carbocycles. The molecule has 0 aliphatic rings. The number of carbonyl (C=O) groups is 1. The van der Waals surface area contributed by atoms with Crippen molar-refractivity contribution in [3.63, 3.8) is 0 Å². The number of hydrogen-bond acceptors (Lipinski definition) is 2. The second-order valence-electron chi connectivity index (χ2n) is 6.01. The lowest BCUT2D eigenvalue weighted by molar-refractivity contribution is -0.124. The van der Waals surface area contributed by atoms with Gasteiger partial charge in [0.05, 0.1) is 0 Å². The zero-order chi connectivity index (χ0) is 17.9. The molecule has 0 saturated heterocycles. The summed E-state index contributed by atoms with van der Waals surface area (Å²) in [5, 5.41) is 9.30. The largest absolute Gasteiger partial charge is 0.344 e. The predicted molar refractivity (Wildman–Crippen MR) is 96.9 cm³/mol. The van der Waals surface area contributed by atoms with E-state index < -0.39 is 0 Å². The fourth-order valence-corrected chi connectivity index (χ4v) is 2.87. The van der Waals surface area contributed by atoms with E-state index in [4.69, 9.17) is 0 Å². The fourth-order valence-electron chi connectivity index (χ4n) is 2.87. The van der Waals surface area contributed by atoms with Crippen LogP contribution >= 0.6 is 0 Å². The first-order valence-corrected chi connectivity index (χ1v) is 8.01. The molecule has 0 atom stereocenters. The number of benzene rings is 1. The minimum Gasteiger partial charge on any atom is -0.344 e. The van der Waals surface area contributed by atoms with Crippen molar-refractivity contribution in [1.29, 1.82) is 5.26 Å². The van der Waals surface area contributed by atoms with Gasteiger partial charge in [-0.15, -0.1) is 0 Å². The highest BCUT2D eigenvalue weighted by atomic mass is 16.2. The first kappa shape index (κ1) is 17.6. The Balaban J connectivity index is 2.58. The Kier molecular flexibility index (Phi) is 5.25. The number of amides is 1. The molecule has 4 nitrogen and oxygen atoms in total. The van der Waals surface area contributed by atoms with Crippen molar-refractivity contribution in [3.8, 4) is 11.8 Å². The number of carbonyl (C=O) groups excluding carboxylic acids is 1. The Morgan fingerprint density at radius 3 is 2.54 bits per heavy atom. The van der Waals surface area contributed by atoms with E-state index in [2.05, 4.69) is 23.6 Å². The number of hydrogen-bond donors (Lipinski definition) is 0. The molecule has 0 N–H and O–H groups in total. The Morgan fingerprint density at radius 2 is 1.96 bits per heavy atom. The number of aryl methyl sites for hydroxylation is 2. The lowest BCUT2D eigenvalue weighted by atomic mass is 10.1. The molecule has 124 valence electrons. The van der Waals surface area contributed by atoms with Crippen LogP contribution in [0.3, 0.4) is 0 Å². The van der Waals surface area contributed by atoms with Gasteiger partial charge in [-0.3, -0.25) is 4.79 Å². The van der Waals surface area contributed by atoms with Gasteiger partial charge in [0.25, 0.3) is 5.91 Å². The second-order valence-corrected chi connectivity index (χ2v) is 6.01. The van der Waals surface area contributed by atoms with Crippen LogP contribution in [0.2, 0.25) is 0 Å². The third-order valence-electron chi connectivity index (χ3n) is 4.14. The van der Waals surface area contributed by atoms with Gasteiger partial charge in [0.1, 0.15) is 11.6 Å². The summed E-state index contributed by atoms with van der Waals surface area (Å²) in [7, 11) is 3.29. The average molecular weight is 321 g/mol. The van der Waals surface area contributed by atoms with Crippen LogP contribution in [0.25, 0.3) is 11.8 Å². The summed E-state index contributed by atoms with van der Waals surface area (Å²) in [6.45, 7) is 6.19. The molecule has 2 rings (SSSR count). The molecule has 2 aromatic rings. The number of aromatic nitrogens is 1. The van der Waals surface area contributed by atoms with Crippen molar-refractivity contribution in [2.24, 2.45) is 0 Å². The van der Waals surface area contributed by atoms with E-state index in [0.717, 1.165) is 29.1 Å². The molecule has 1 amide bonds. The van der Waals surface area contributed by atoms with Gasteiger partial charge < -0.3 is 9.47 Å². The van der Waals surface area contributed by atoms with Crippen LogP contribution in [0.1, 0.15) is 29.4 Å². The van der Waals surface area contributed by atoms with Gasteiger partial charge in [-0.2, -0.15) is 5.26 Å². The molecule has 0 radical (unpaired) electrons. The van der Waals surface area contributed by atoms with E-state index in [1.54, 1.807) is 20.2 Å². The van der Waals surface area contributed by atoms with Gasteiger partial charge in [0.2, 0.25) is 0 Å². The van der Waals surface area contributed by atoms with Crippen LogP contribution in [-0.4, -0.2) is 29.5 Å². The standard InChI is InChI=1S/C20H23N3O/c1-6-16-9-7-8-10-19(16)23-14(2)11-17(15(23)3)12-18(13-21)20(24)22(4)5/h7-12H,6H2,1-5H3/b18-12-. The van der Waals surface area contributed by atoms with Gasteiger partial charge in [0.15, 0.2) is 0 Å². The first-order valence-electron chi connectivity index (χ1n) is 8.01. The monoisotopic (exact) mass is 321 g/mol. The van der Waals surface area contributed by atoms with Gasteiger partial charge in [-0.1, -0.05) is 25.1 Å². The predicted octanol–water partition coefficient (Wildman–Crippen LogP) is 3.65. The first-order chi connectivity index (χ1) is 11.4. The quantitative estimate of drug-likeness (QED) is 0.637. The SMILES string of the molecule is CCc1ccccc1-n1c(C)cc(/C=C(/C#N)C(=O)N(C)C)c1C. The van der Waals surface area contributed by atoms with Crippen LogP contribution in [0.4, 0.5) is 0 Å².